The van der Waals surface area contributed by atoms with E-state index in [1.54, 1.807) is 17.5 Å². The number of halogens is 3. The molecule has 2 heterocycles. The van der Waals surface area contributed by atoms with Crippen LogP contribution in [0.25, 0.3) is 16.2 Å². The van der Waals surface area contributed by atoms with Crippen molar-refractivity contribution in [3.8, 4) is 0 Å². The van der Waals surface area contributed by atoms with Crippen molar-refractivity contribution in [2.45, 2.75) is 12.1 Å². The van der Waals surface area contributed by atoms with Gasteiger partial charge in [0, 0.05) is 15.9 Å². The van der Waals surface area contributed by atoms with Crippen LogP contribution in [0.1, 0.15) is 23.2 Å². The number of thiophene rings is 1. The summed E-state index contributed by atoms with van der Waals surface area (Å²) >= 11 is 7.52. The van der Waals surface area contributed by atoms with Gasteiger partial charge in [-0.05, 0) is 64.7 Å². The van der Waals surface area contributed by atoms with Crippen molar-refractivity contribution < 1.29 is 27.2 Å². The molecule has 1 aromatic heterocycles. The quantitative estimate of drug-likeness (QED) is 0.433. The monoisotopic (exact) mass is 483 g/mol. The highest BCUT2D eigenvalue weighted by atomic mass is 35.5. The Kier molecular flexibility index (Phi) is 6.55. The van der Waals surface area contributed by atoms with Crippen molar-refractivity contribution in [2.75, 3.05) is 13.2 Å². The molecule has 1 atom stereocenters. The molecule has 5 nitrogen and oxygen atoms in total. The van der Waals surface area contributed by atoms with Crippen LogP contribution in [-0.4, -0.2) is 19.1 Å². The molecule has 1 saturated heterocycles. The van der Waals surface area contributed by atoms with Gasteiger partial charge in [-0.25, -0.2) is 8.78 Å². The van der Waals surface area contributed by atoms with Crippen LogP contribution in [0.2, 0.25) is 5.02 Å². The van der Waals surface area contributed by atoms with E-state index in [1.165, 1.54) is 29.7 Å². The molecule has 0 bridgehead atoms. The minimum atomic E-state index is -3.81. The third-order valence-corrected chi connectivity index (χ3v) is 8.15. The highest BCUT2D eigenvalue weighted by molar-refractivity contribution is 7.55. The summed E-state index contributed by atoms with van der Waals surface area (Å²) < 4.78 is 51.7. The smallest absolute Gasteiger partial charge is 0.332 e. The molecule has 1 N–H and O–H groups in total. The highest BCUT2D eigenvalue weighted by Crippen LogP contribution is 2.63. The SMILES string of the molecule is O=C(N/C=C/c1ccc(F)c(F)c1)C(c1csc2ccc(Cl)cc12)P1(=O)OCCCO1. The second-order valence-electron chi connectivity index (χ2n) is 6.81. The summed E-state index contributed by atoms with van der Waals surface area (Å²) in [4.78, 5) is 13.1. The molecule has 3 aromatic rings. The van der Waals surface area contributed by atoms with Gasteiger partial charge in [-0.2, -0.15) is 0 Å². The van der Waals surface area contributed by atoms with E-state index in [0.29, 0.717) is 28.0 Å². The van der Waals surface area contributed by atoms with Gasteiger partial charge >= 0.3 is 7.60 Å². The van der Waals surface area contributed by atoms with E-state index in [1.807, 2.05) is 6.07 Å². The van der Waals surface area contributed by atoms with E-state index >= 15 is 0 Å². The summed E-state index contributed by atoms with van der Waals surface area (Å²) in [6.07, 6.45) is 3.25. The molecular weight excluding hydrogens is 467 g/mol. The lowest BCUT2D eigenvalue weighted by molar-refractivity contribution is -0.120. The first kappa shape index (κ1) is 22.1. The average Bonchev–Trinajstić information content (AvgIpc) is 3.14. The number of fused-ring (bicyclic) bond motifs is 1. The largest absolute Gasteiger partial charge is 0.347 e. The minimum Gasteiger partial charge on any atom is -0.332 e. The van der Waals surface area contributed by atoms with Gasteiger partial charge in [-0.15, -0.1) is 11.3 Å². The Hall–Kier alpha value is -2.09. The first-order chi connectivity index (χ1) is 14.9. The topological polar surface area (TPSA) is 64.6 Å². The van der Waals surface area contributed by atoms with Gasteiger partial charge in [0.15, 0.2) is 17.3 Å². The predicted molar refractivity (Wildman–Crippen MR) is 117 cm³/mol. The number of rotatable bonds is 5. The van der Waals surface area contributed by atoms with Gasteiger partial charge < -0.3 is 14.4 Å². The Morgan fingerprint density at radius 1 is 1.16 bits per heavy atom. The molecule has 2 aromatic carbocycles. The number of nitrogens with one attached hydrogen (secondary N) is 1. The summed E-state index contributed by atoms with van der Waals surface area (Å²) in [7, 11) is -3.81. The number of carbonyl (C=O) groups is 1. The number of benzene rings is 2. The van der Waals surface area contributed by atoms with E-state index < -0.39 is 30.8 Å². The zero-order valence-corrected chi connectivity index (χ0v) is 18.5. The Bertz CT molecular complexity index is 1210. The fourth-order valence-electron chi connectivity index (χ4n) is 3.23. The van der Waals surface area contributed by atoms with Gasteiger partial charge in [-0.3, -0.25) is 9.36 Å². The lowest BCUT2D eigenvalue weighted by atomic mass is 10.1. The zero-order chi connectivity index (χ0) is 22.0. The summed E-state index contributed by atoms with van der Waals surface area (Å²) in [5, 5.41) is 5.47. The molecule has 1 amide bonds. The second-order valence-corrected chi connectivity index (χ2v) is 10.3. The summed E-state index contributed by atoms with van der Waals surface area (Å²) in [6, 6.07) is 8.61. The van der Waals surface area contributed by atoms with E-state index in [4.69, 9.17) is 20.6 Å². The van der Waals surface area contributed by atoms with Gasteiger partial charge in [0.05, 0.1) is 13.2 Å². The van der Waals surface area contributed by atoms with Crippen molar-refractivity contribution in [2.24, 2.45) is 0 Å². The average molecular weight is 484 g/mol. The third kappa shape index (κ3) is 4.73. The maximum atomic E-state index is 13.5. The summed E-state index contributed by atoms with van der Waals surface area (Å²) in [5.41, 5.74) is -0.374. The third-order valence-electron chi connectivity index (χ3n) is 4.70. The van der Waals surface area contributed by atoms with Crippen molar-refractivity contribution in [3.63, 3.8) is 0 Å². The molecule has 1 unspecified atom stereocenters. The fraction of sp³-hybridized carbons (Fsp3) is 0.190. The molecule has 1 fully saturated rings. The maximum absolute atomic E-state index is 13.5. The number of amides is 1. The molecule has 31 heavy (non-hydrogen) atoms. The van der Waals surface area contributed by atoms with E-state index in [0.717, 1.165) is 16.8 Å². The Balaban J connectivity index is 1.66. The van der Waals surface area contributed by atoms with Crippen LogP contribution in [0.5, 0.6) is 0 Å². The Labute approximate surface area is 186 Å². The van der Waals surface area contributed by atoms with Crippen LogP contribution in [0, 0.1) is 11.6 Å². The van der Waals surface area contributed by atoms with Crippen LogP contribution in [0.15, 0.2) is 48.0 Å². The van der Waals surface area contributed by atoms with Crippen molar-refractivity contribution in [1.82, 2.24) is 5.32 Å². The normalized spacial score (nSPS) is 17.1. The Morgan fingerprint density at radius 3 is 2.68 bits per heavy atom. The van der Waals surface area contributed by atoms with Crippen LogP contribution in [0.4, 0.5) is 8.78 Å². The molecule has 4 rings (SSSR count). The van der Waals surface area contributed by atoms with E-state index in [9.17, 15) is 18.1 Å². The van der Waals surface area contributed by atoms with Crippen molar-refractivity contribution in [3.05, 3.63) is 75.8 Å². The van der Waals surface area contributed by atoms with Crippen LogP contribution < -0.4 is 5.32 Å². The second kappa shape index (κ2) is 9.18. The first-order valence-corrected chi connectivity index (χ1v) is 12.2. The molecule has 0 aliphatic carbocycles. The van der Waals surface area contributed by atoms with Crippen LogP contribution >= 0.6 is 30.5 Å². The molecule has 162 valence electrons. The maximum Gasteiger partial charge on any atom is 0.347 e. The zero-order valence-electron chi connectivity index (χ0n) is 16.0. The molecule has 0 spiro atoms. The number of hydrogen-bond donors (Lipinski definition) is 1. The fourth-order valence-corrected chi connectivity index (χ4v) is 6.53. The molecule has 0 radical (unpaired) electrons. The van der Waals surface area contributed by atoms with Gasteiger partial charge in [0.25, 0.3) is 0 Å². The predicted octanol–water partition coefficient (Wildman–Crippen LogP) is 6.29. The molecule has 10 heteroatoms. The number of hydrogen-bond acceptors (Lipinski definition) is 5. The molecule has 0 saturated carbocycles. The minimum absolute atomic E-state index is 0.217. The first-order valence-electron chi connectivity index (χ1n) is 9.35. The van der Waals surface area contributed by atoms with Gasteiger partial charge in [0.1, 0.15) is 0 Å². The van der Waals surface area contributed by atoms with Crippen LogP contribution in [0.3, 0.4) is 0 Å². The Morgan fingerprint density at radius 2 is 1.94 bits per heavy atom. The van der Waals surface area contributed by atoms with E-state index in [2.05, 4.69) is 5.32 Å². The van der Waals surface area contributed by atoms with Crippen molar-refractivity contribution in [1.29, 1.82) is 0 Å². The van der Waals surface area contributed by atoms with Crippen LogP contribution in [-0.2, 0) is 18.4 Å². The summed E-state index contributed by atoms with van der Waals surface area (Å²) in [6.45, 7) is 0.434. The highest BCUT2D eigenvalue weighted by Gasteiger charge is 2.45. The van der Waals surface area contributed by atoms with Gasteiger partial charge in [-0.1, -0.05) is 17.7 Å². The van der Waals surface area contributed by atoms with Crippen molar-refractivity contribution >= 4 is 52.6 Å². The lowest BCUT2D eigenvalue weighted by Gasteiger charge is -2.29. The van der Waals surface area contributed by atoms with Gasteiger partial charge in [0.2, 0.25) is 5.91 Å². The standard InChI is InChI=1S/C21H17ClF2NO4PS/c22-14-3-5-19-15(11-14)16(12-31-19)20(30(27)28-8-1-9-29-30)21(26)25-7-6-13-2-4-17(23)18(24)10-13/h2-7,10-12,20H,1,8-9H2,(H,25,26)/b7-6+. The van der Waals surface area contributed by atoms with E-state index in [-0.39, 0.29) is 13.2 Å². The molecule has 1 aliphatic heterocycles. The lowest BCUT2D eigenvalue weighted by Crippen LogP contribution is -2.28. The summed E-state index contributed by atoms with van der Waals surface area (Å²) in [5.74, 6) is -2.57. The molecule has 1 aliphatic rings. The molecular formula is C21H17ClF2NO4PS. The number of carbonyl (C=O) groups excluding carboxylic acids is 1.